The molecule has 2 N–H and O–H groups in total. The minimum atomic E-state index is -1.17. The number of ether oxygens (including phenoxy) is 1. The lowest BCUT2D eigenvalue weighted by atomic mass is 10.2. The SMILES string of the molecule is CC[C@H](NC(=O)OCc1ccccc1)c1nc(C(=O)O)n(C)n1. The van der Waals surface area contributed by atoms with Crippen LogP contribution in [-0.4, -0.2) is 31.9 Å². The minimum Gasteiger partial charge on any atom is -0.475 e. The van der Waals surface area contributed by atoms with Crippen molar-refractivity contribution >= 4 is 12.1 Å². The molecule has 1 amide bonds. The summed E-state index contributed by atoms with van der Waals surface area (Å²) in [5, 5.41) is 15.7. The predicted molar refractivity (Wildman–Crippen MR) is 80.8 cm³/mol. The fourth-order valence-electron chi connectivity index (χ4n) is 1.99. The molecule has 0 radical (unpaired) electrons. The maximum Gasteiger partial charge on any atom is 0.408 e. The number of carbonyl (C=O) groups is 2. The van der Waals surface area contributed by atoms with Crippen molar-refractivity contribution in [3.05, 3.63) is 47.5 Å². The zero-order chi connectivity index (χ0) is 16.8. The van der Waals surface area contributed by atoms with E-state index in [1.165, 1.54) is 7.05 Å². The molecular weight excluding hydrogens is 300 g/mol. The molecule has 0 fully saturated rings. The smallest absolute Gasteiger partial charge is 0.408 e. The first-order valence-corrected chi connectivity index (χ1v) is 7.12. The molecular formula is C15H18N4O4. The largest absolute Gasteiger partial charge is 0.475 e. The van der Waals surface area contributed by atoms with Gasteiger partial charge in [-0.1, -0.05) is 37.3 Å². The lowest BCUT2D eigenvalue weighted by Crippen LogP contribution is -2.29. The highest BCUT2D eigenvalue weighted by Gasteiger charge is 2.22. The Bertz CT molecular complexity index is 684. The second-order valence-electron chi connectivity index (χ2n) is 4.89. The van der Waals surface area contributed by atoms with E-state index >= 15 is 0 Å². The van der Waals surface area contributed by atoms with Crippen LogP contribution in [0.15, 0.2) is 30.3 Å². The molecule has 1 aromatic heterocycles. The third kappa shape index (κ3) is 4.29. The van der Waals surface area contributed by atoms with Crippen LogP contribution in [0, 0.1) is 0 Å². The van der Waals surface area contributed by atoms with Crippen LogP contribution < -0.4 is 5.32 Å². The van der Waals surface area contributed by atoms with E-state index in [-0.39, 0.29) is 18.3 Å². The molecule has 23 heavy (non-hydrogen) atoms. The second kappa shape index (κ2) is 7.39. The van der Waals surface area contributed by atoms with Gasteiger partial charge < -0.3 is 15.2 Å². The van der Waals surface area contributed by atoms with Gasteiger partial charge in [-0.05, 0) is 12.0 Å². The lowest BCUT2D eigenvalue weighted by Gasteiger charge is -2.13. The van der Waals surface area contributed by atoms with Gasteiger partial charge in [-0.15, -0.1) is 0 Å². The first-order valence-electron chi connectivity index (χ1n) is 7.12. The Kier molecular flexibility index (Phi) is 5.29. The van der Waals surface area contributed by atoms with Crippen LogP contribution in [0.3, 0.4) is 0 Å². The summed E-state index contributed by atoms with van der Waals surface area (Å²) in [4.78, 5) is 26.8. The van der Waals surface area contributed by atoms with Gasteiger partial charge in [-0.2, -0.15) is 5.10 Å². The number of carbonyl (C=O) groups excluding carboxylic acids is 1. The van der Waals surface area contributed by atoms with Crippen LogP contribution in [0.1, 0.15) is 41.4 Å². The second-order valence-corrected chi connectivity index (χ2v) is 4.89. The van der Waals surface area contributed by atoms with E-state index in [9.17, 15) is 9.59 Å². The Balaban J connectivity index is 1.97. The van der Waals surface area contributed by atoms with Crippen molar-refractivity contribution in [3.63, 3.8) is 0 Å². The summed E-state index contributed by atoms with van der Waals surface area (Å²) in [6, 6.07) is 8.78. The lowest BCUT2D eigenvalue weighted by molar-refractivity contribution is 0.0678. The van der Waals surface area contributed by atoms with Gasteiger partial charge in [0.15, 0.2) is 5.82 Å². The van der Waals surface area contributed by atoms with E-state index in [0.717, 1.165) is 10.2 Å². The number of benzene rings is 1. The molecule has 0 saturated carbocycles. The number of amides is 1. The highest BCUT2D eigenvalue weighted by atomic mass is 16.5. The molecule has 0 unspecified atom stereocenters. The fraction of sp³-hybridized carbons (Fsp3) is 0.333. The molecule has 2 rings (SSSR count). The third-order valence-corrected chi connectivity index (χ3v) is 3.20. The number of alkyl carbamates (subject to hydrolysis) is 1. The predicted octanol–water partition coefficient (Wildman–Crippen LogP) is 1.89. The molecule has 0 aliphatic carbocycles. The molecule has 1 heterocycles. The van der Waals surface area contributed by atoms with Crippen molar-refractivity contribution in [3.8, 4) is 0 Å². The quantitative estimate of drug-likeness (QED) is 0.842. The van der Waals surface area contributed by atoms with Gasteiger partial charge in [0.1, 0.15) is 6.61 Å². The average Bonchev–Trinajstić information content (AvgIpc) is 2.93. The molecule has 0 bridgehead atoms. The number of nitrogens with one attached hydrogen (secondary N) is 1. The maximum atomic E-state index is 11.9. The number of carboxylic acids is 1. The van der Waals surface area contributed by atoms with Crippen LogP contribution in [0.2, 0.25) is 0 Å². The van der Waals surface area contributed by atoms with E-state index in [4.69, 9.17) is 9.84 Å². The highest BCUT2D eigenvalue weighted by molar-refractivity contribution is 5.83. The zero-order valence-electron chi connectivity index (χ0n) is 12.9. The van der Waals surface area contributed by atoms with Crippen molar-refractivity contribution in [1.82, 2.24) is 20.1 Å². The van der Waals surface area contributed by atoms with Crippen molar-refractivity contribution in [2.45, 2.75) is 26.0 Å². The van der Waals surface area contributed by atoms with Crippen LogP contribution in [-0.2, 0) is 18.4 Å². The number of aromatic nitrogens is 3. The van der Waals surface area contributed by atoms with Crippen LogP contribution in [0.5, 0.6) is 0 Å². The van der Waals surface area contributed by atoms with Crippen molar-refractivity contribution in [2.75, 3.05) is 0 Å². The number of nitrogens with zero attached hydrogens (tertiary/aromatic N) is 3. The number of carboxylic acid groups (broad SMARTS) is 1. The van der Waals surface area contributed by atoms with Gasteiger partial charge in [-0.3, -0.25) is 0 Å². The number of hydrogen-bond donors (Lipinski definition) is 2. The summed E-state index contributed by atoms with van der Waals surface area (Å²) in [7, 11) is 1.49. The Morgan fingerprint density at radius 2 is 2.04 bits per heavy atom. The van der Waals surface area contributed by atoms with Gasteiger partial charge in [0, 0.05) is 7.05 Å². The Morgan fingerprint density at radius 1 is 1.35 bits per heavy atom. The van der Waals surface area contributed by atoms with E-state index in [0.29, 0.717) is 6.42 Å². The number of aromatic carboxylic acids is 1. The monoisotopic (exact) mass is 318 g/mol. The highest BCUT2D eigenvalue weighted by Crippen LogP contribution is 2.13. The van der Waals surface area contributed by atoms with Crippen molar-refractivity contribution < 1.29 is 19.4 Å². The third-order valence-electron chi connectivity index (χ3n) is 3.20. The summed E-state index contributed by atoms with van der Waals surface area (Å²) >= 11 is 0. The summed E-state index contributed by atoms with van der Waals surface area (Å²) in [6.45, 7) is 1.98. The number of rotatable bonds is 6. The van der Waals surface area contributed by atoms with Gasteiger partial charge >= 0.3 is 12.1 Å². The maximum absolute atomic E-state index is 11.9. The summed E-state index contributed by atoms with van der Waals surface area (Å²) in [5.74, 6) is -1.12. The normalized spacial score (nSPS) is 11.7. The molecule has 8 heteroatoms. The van der Waals surface area contributed by atoms with E-state index in [2.05, 4.69) is 15.4 Å². The van der Waals surface area contributed by atoms with Crippen molar-refractivity contribution in [1.29, 1.82) is 0 Å². The zero-order valence-corrected chi connectivity index (χ0v) is 12.9. The topological polar surface area (TPSA) is 106 Å². The van der Waals surface area contributed by atoms with Crippen LogP contribution in [0.25, 0.3) is 0 Å². The molecule has 122 valence electrons. The first kappa shape index (κ1) is 16.5. The number of aryl methyl sites for hydroxylation is 1. The fourth-order valence-corrected chi connectivity index (χ4v) is 1.99. The first-order chi connectivity index (χ1) is 11.0. The molecule has 1 atom stereocenters. The summed E-state index contributed by atoms with van der Waals surface area (Å²) < 4.78 is 6.30. The van der Waals surface area contributed by atoms with Crippen LogP contribution >= 0.6 is 0 Å². The van der Waals surface area contributed by atoms with Crippen LogP contribution in [0.4, 0.5) is 4.79 Å². The standard InChI is InChI=1S/C15H18N4O4/c1-3-11(12-17-13(14(20)21)19(2)18-12)16-15(22)23-9-10-7-5-4-6-8-10/h4-8,11H,3,9H2,1-2H3,(H,16,22)(H,20,21)/t11-/m0/s1. The van der Waals surface area contributed by atoms with E-state index in [1.807, 2.05) is 37.3 Å². The number of hydrogen-bond acceptors (Lipinski definition) is 5. The Morgan fingerprint density at radius 3 is 2.61 bits per heavy atom. The Hall–Kier alpha value is -2.90. The molecule has 0 aliphatic rings. The molecule has 8 nitrogen and oxygen atoms in total. The van der Waals surface area contributed by atoms with Gasteiger partial charge in [0.25, 0.3) is 0 Å². The van der Waals surface area contributed by atoms with Gasteiger partial charge in [0.2, 0.25) is 5.82 Å². The van der Waals surface area contributed by atoms with E-state index < -0.39 is 18.1 Å². The summed E-state index contributed by atoms with van der Waals surface area (Å²) in [5.41, 5.74) is 0.875. The molecule has 2 aromatic rings. The summed E-state index contributed by atoms with van der Waals surface area (Å²) in [6.07, 6.45) is -0.103. The van der Waals surface area contributed by atoms with E-state index in [1.54, 1.807) is 0 Å². The Labute approximate surface area is 133 Å². The minimum absolute atomic E-state index is 0.152. The van der Waals surface area contributed by atoms with Gasteiger partial charge in [0.05, 0.1) is 6.04 Å². The molecule has 1 aromatic carbocycles. The molecule has 0 saturated heterocycles. The van der Waals surface area contributed by atoms with Gasteiger partial charge in [-0.25, -0.2) is 19.3 Å². The molecule has 0 spiro atoms. The van der Waals surface area contributed by atoms with Crippen molar-refractivity contribution in [2.24, 2.45) is 7.05 Å². The average molecular weight is 318 g/mol. The molecule has 0 aliphatic heterocycles.